The van der Waals surface area contributed by atoms with E-state index in [-0.39, 0.29) is 11.5 Å². The second-order valence-corrected chi connectivity index (χ2v) is 11.2. The number of phenols is 1. The van der Waals surface area contributed by atoms with Gasteiger partial charge in [0.1, 0.15) is 12.4 Å². The number of aliphatic hydroxyl groups is 1. The van der Waals surface area contributed by atoms with Gasteiger partial charge in [-0.2, -0.15) is 0 Å². The number of unbranched alkanes of at least 4 members (excludes halogenated alkanes) is 14. The molecular weight excluding hydrogens is 603 g/mol. The van der Waals surface area contributed by atoms with Crippen molar-refractivity contribution in [3.63, 3.8) is 0 Å². The second-order valence-electron chi connectivity index (χ2n) is 9.93. The van der Waals surface area contributed by atoms with Crippen molar-refractivity contribution in [3.05, 3.63) is 51.5 Å². The van der Waals surface area contributed by atoms with Crippen molar-refractivity contribution in [1.29, 1.82) is 0 Å². The molecule has 42 heavy (non-hydrogen) atoms. The summed E-state index contributed by atoms with van der Waals surface area (Å²) in [5.41, 5.74) is 0. The summed E-state index contributed by atoms with van der Waals surface area (Å²) >= 11 is 17.4. The summed E-state index contributed by atoms with van der Waals surface area (Å²) in [6.45, 7) is 1.49. The zero-order chi connectivity index (χ0) is 31.6. The van der Waals surface area contributed by atoms with Crippen LogP contribution < -0.4 is 4.74 Å². The van der Waals surface area contributed by atoms with Crippen LogP contribution in [0.5, 0.6) is 17.2 Å². The van der Waals surface area contributed by atoms with Gasteiger partial charge in [-0.25, -0.2) is 4.79 Å². The minimum absolute atomic E-state index is 0.0523. The molecule has 4 N–H and O–H groups in total. The van der Waals surface area contributed by atoms with Crippen LogP contribution in [-0.2, 0) is 9.59 Å². The summed E-state index contributed by atoms with van der Waals surface area (Å²) in [7, 11) is 0. The van der Waals surface area contributed by atoms with Crippen LogP contribution >= 0.6 is 34.8 Å². The van der Waals surface area contributed by atoms with Crippen molar-refractivity contribution >= 4 is 46.7 Å². The van der Waals surface area contributed by atoms with E-state index in [0.29, 0.717) is 27.2 Å². The van der Waals surface area contributed by atoms with Crippen LogP contribution in [-0.4, -0.2) is 39.0 Å². The first kappa shape index (κ1) is 39.8. The fourth-order valence-corrected chi connectivity index (χ4v) is 4.51. The third kappa shape index (κ3) is 23.4. The van der Waals surface area contributed by atoms with Crippen molar-refractivity contribution in [2.24, 2.45) is 0 Å². The first-order chi connectivity index (χ1) is 20.1. The smallest absolute Gasteiger partial charge is 0.329 e. The van der Waals surface area contributed by atoms with Gasteiger partial charge in [0, 0.05) is 22.5 Å². The molecule has 7 nitrogen and oxygen atoms in total. The number of hydrogen-bond donors (Lipinski definition) is 4. The molecule has 10 heteroatoms. The van der Waals surface area contributed by atoms with Gasteiger partial charge in [0.15, 0.2) is 11.5 Å². The number of carbonyl (C=O) groups is 2. The lowest BCUT2D eigenvalue weighted by atomic mass is 10.0. The maximum atomic E-state index is 10.3. The van der Waals surface area contributed by atoms with Gasteiger partial charge in [-0.3, -0.25) is 4.79 Å². The monoisotopic (exact) mass is 648 g/mol. The minimum atomic E-state index is -1.19. The van der Waals surface area contributed by atoms with Crippen molar-refractivity contribution in [2.45, 2.75) is 110 Å². The largest absolute Gasteiger partial charge is 0.504 e. The molecular formula is C32H47Cl3O7. The van der Waals surface area contributed by atoms with Gasteiger partial charge in [0.05, 0.1) is 5.02 Å². The lowest BCUT2D eigenvalue weighted by molar-refractivity contribution is -0.140. The average Bonchev–Trinajstić information content (AvgIpc) is 2.94. The molecule has 0 aliphatic carbocycles. The van der Waals surface area contributed by atoms with E-state index in [0.717, 1.165) is 12.8 Å². The Kier molecular flexibility index (Phi) is 25.1. The molecule has 0 fully saturated rings. The van der Waals surface area contributed by atoms with Crippen LogP contribution in [0.4, 0.5) is 0 Å². The molecule has 0 bridgehead atoms. The maximum absolute atomic E-state index is 10.3. The van der Waals surface area contributed by atoms with E-state index in [9.17, 15) is 9.90 Å². The van der Waals surface area contributed by atoms with Crippen LogP contribution in [0.1, 0.15) is 110 Å². The van der Waals surface area contributed by atoms with Crippen molar-refractivity contribution < 1.29 is 34.8 Å². The standard InChI is InChI=1S/C18H36O2.C12H7Cl3O2.C2H4O3/c1-2-3-4-5-6-7-8-9-10-11-12-13-14-15-16-17-18(19)20;13-7-1-3-11(9(15)5-7)17-12-4-2-8(14)6-10(12)16;3-1-2(4)5/h2-17H2,1H3,(H,19,20);1-6,16H;3H,1H2,(H,4,5). The Morgan fingerprint density at radius 3 is 1.43 bits per heavy atom. The molecule has 2 rings (SSSR count). The Bertz CT molecular complexity index is 953. The van der Waals surface area contributed by atoms with E-state index in [1.807, 2.05) is 0 Å². The highest BCUT2D eigenvalue weighted by molar-refractivity contribution is 6.35. The lowest BCUT2D eigenvalue weighted by Gasteiger charge is -2.09. The highest BCUT2D eigenvalue weighted by Gasteiger charge is 2.08. The van der Waals surface area contributed by atoms with E-state index in [4.69, 9.17) is 59.7 Å². The second kappa shape index (κ2) is 26.4. The van der Waals surface area contributed by atoms with E-state index < -0.39 is 18.5 Å². The van der Waals surface area contributed by atoms with Gasteiger partial charge in [-0.1, -0.05) is 132 Å². The number of aliphatic carboxylic acids is 2. The number of aromatic hydroxyl groups is 1. The molecule has 0 aliphatic rings. The Morgan fingerprint density at radius 1 is 0.643 bits per heavy atom. The average molecular weight is 650 g/mol. The number of phenolic OH excluding ortho intramolecular Hbond substituents is 1. The van der Waals surface area contributed by atoms with Crippen LogP contribution in [0, 0.1) is 0 Å². The van der Waals surface area contributed by atoms with Crippen LogP contribution in [0.25, 0.3) is 0 Å². The number of ether oxygens (including phenoxy) is 1. The number of aliphatic hydroxyl groups excluding tert-OH is 1. The first-order valence-electron chi connectivity index (χ1n) is 14.8. The Hall–Kier alpha value is -2.19. The highest BCUT2D eigenvalue weighted by Crippen LogP contribution is 2.36. The summed E-state index contributed by atoms with van der Waals surface area (Å²) in [5.74, 6) is -1.21. The van der Waals surface area contributed by atoms with Crippen molar-refractivity contribution in [3.8, 4) is 17.2 Å². The van der Waals surface area contributed by atoms with Crippen LogP contribution in [0.3, 0.4) is 0 Å². The molecule has 238 valence electrons. The van der Waals surface area contributed by atoms with Gasteiger partial charge in [0.2, 0.25) is 0 Å². The Morgan fingerprint density at radius 2 is 1.05 bits per heavy atom. The van der Waals surface area contributed by atoms with Crippen LogP contribution in [0.2, 0.25) is 15.1 Å². The summed E-state index contributed by atoms with van der Waals surface area (Å²) in [5, 5.41) is 34.5. The van der Waals surface area contributed by atoms with E-state index in [1.54, 1.807) is 30.3 Å². The zero-order valence-electron chi connectivity index (χ0n) is 24.6. The van der Waals surface area contributed by atoms with E-state index >= 15 is 0 Å². The summed E-state index contributed by atoms with van der Waals surface area (Å²) < 4.78 is 5.45. The number of hydrogen-bond acceptors (Lipinski definition) is 5. The summed E-state index contributed by atoms with van der Waals surface area (Å²) in [6.07, 6.45) is 20.2. The highest BCUT2D eigenvalue weighted by atomic mass is 35.5. The molecule has 0 unspecified atom stereocenters. The van der Waals surface area contributed by atoms with Gasteiger partial charge >= 0.3 is 11.9 Å². The third-order valence-corrected chi connectivity index (χ3v) is 6.93. The van der Waals surface area contributed by atoms with Crippen molar-refractivity contribution in [2.75, 3.05) is 6.61 Å². The zero-order valence-corrected chi connectivity index (χ0v) is 26.9. The van der Waals surface area contributed by atoms with Crippen molar-refractivity contribution in [1.82, 2.24) is 0 Å². The number of carboxylic acids is 2. The molecule has 2 aromatic carbocycles. The lowest BCUT2D eigenvalue weighted by Crippen LogP contribution is -1.98. The number of carboxylic acid groups (broad SMARTS) is 2. The molecule has 0 heterocycles. The fourth-order valence-electron chi connectivity index (χ4n) is 3.90. The van der Waals surface area contributed by atoms with Gasteiger partial charge < -0.3 is 25.2 Å². The minimum Gasteiger partial charge on any atom is -0.504 e. The Balaban J connectivity index is 0.000000694. The van der Waals surface area contributed by atoms with Gasteiger partial charge in [-0.15, -0.1) is 0 Å². The number of halogens is 3. The molecule has 0 aromatic heterocycles. The predicted octanol–water partition coefficient (Wildman–Crippen LogP) is 10.5. The summed E-state index contributed by atoms with van der Waals surface area (Å²) in [6, 6.07) is 9.39. The molecule has 0 amide bonds. The van der Waals surface area contributed by atoms with Gasteiger partial charge in [-0.05, 0) is 36.8 Å². The fraction of sp³-hybridized carbons (Fsp3) is 0.562. The molecule has 0 aliphatic heterocycles. The van der Waals surface area contributed by atoms with E-state index in [2.05, 4.69) is 6.92 Å². The number of rotatable bonds is 19. The van der Waals surface area contributed by atoms with Gasteiger partial charge in [0.25, 0.3) is 0 Å². The molecule has 2 aromatic rings. The molecule has 0 atom stereocenters. The first-order valence-corrected chi connectivity index (χ1v) is 15.9. The topological polar surface area (TPSA) is 124 Å². The predicted molar refractivity (Wildman–Crippen MR) is 172 cm³/mol. The Labute approximate surface area is 265 Å². The third-order valence-electron chi connectivity index (χ3n) is 6.16. The molecule has 0 radical (unpaired) electrons. The number of benzene rings is 2. The molecule has 0 saturated carbocycles. The summed E-state index contributed by atoms with van der Waals surface area (Å²) in [4.78, 5) is 19.5. The van der Waals surface area contributed by atoms with Crippen LogP contribution in [0.15, 0.2) is 36.4 Å². The maximum Gasteiger partial charge on any atom is 0.329 e. The normalized spacial score (nSPS) is 10.2. The quantitative estimate of drug-likeness (QED) is 0.112. The molecule has 0 spiro atoms. The SMILES string of the molecule is CCCCCCCCCCCCCCCCCC(=O)O.O=C(O)CO.Oc1cc(Cl)ccc1Oc1ccc(Cl)cc1Cl. The van der Waals surface area contributed by atoms with E-state index in [1.165, 1.54) is 89.5 Å². The molecule has 0 saturated heterocycles.